The Kier molecular flexibility index (Phi) is 2.74. The average molecular weight is 272 g/mol. The first-order chi connectivity index (χ1) is 9.40. The van der Waals surface area contributed by atoms with Crippen LogP contribution in [0.25, 0.3) is 10.6 Å². The molecule has 1 aromatic carbocycles. The van der Waals surface area contributed by atoms with Crippen molar-refractivity contribution in [3.8, 4) is 10.6 Å². The number of fused-ring (bicyclic) bond motifs is 1. The van der Waals surface area contributed by atoms with Gasteiger partial charge in [0.25, 0.3) is 0 Å². The fourth-order valence-electron chi connectivity index (χ4n) is 3.05. The maximum Gasteiger partial charge on any atom is 0.208 e. The van der Waals surface area contributed by atoms with E-state index in [1.54, 1.807) is 11.3 Å². The molecule has 98 valence electrons. The first-order valence-corrected chi connectivity index (χ1v) is 7.59. The minimum absolute atomic E-state index is 0.657. The Morgan fingerprint density at radius 3 is 2.89 bits per heavy atom. The number of rotatable bonds is 2. The average Bonchev–Trinajstić information content (AvgIpc) is 3.14. The number of benzene rings is 1. The van der Waals surface area contributed by atoms with Gasteiger partial charge in [0, 0.05) is 24.7 Å². The van der Waals surface area contributed by atoms with Crippen LogP contribution >= 0.6 is 11.3 Å². The lowest BCUT2D eigenvalue weighted by atomic mass is 10.1. The van der Waals surface area contributed by atoms with Gasteiger partial charge in [-0.1, -0.05) is 41.7 Å². The summed E-state index contributed by atoms with van der Waals surface area (Å²) in [6.45, 7) is 3.38. The van der Waals surface area contributed by atoms with Gasteiger partial charge in [0.2, 0.25) is 5.13 Å². The standard InChI is InChI=1S/C14H16N4S/c1-2-4-10(5-3-1)13-16-17-14(19-13)18-8-11-6-7-15-12(11)9-18/h1-5,11-12,15H,6-9H2/t11-,12+/m0/s1. The van der Waals surface area contributed by atoms with E-state index >= 15 is 0 Å². The van der Waals surface area contributed by atoms with Crippen molar-refractivity contribution in [2.24, 2.45) is 5.92 Å². The summed E-state index contributed by atoms with van der Waals surface area (Å²) >= 11 is 1.70. The molecule has 2 fully saturated rings. The van der Waals surface area contributed by atoms with Crippen LogP contribution in [0.3, 0.4) is 0 Å². The van der Waals surface area contributed by atoms with Crippen molar-refractivity contribution >= 4 is 16.5 Å². The maximum atomic E-state index is 4.37. The van der Waals surface area contributed by atoms with Crippen molar-refractivity contribution in [1.82, 2.24) is 15.5 Å². The zero-order valence-corrected chi connectivity index (χ0v) is 11.4. The Morgan fingerprint density at radius 1 is 1.16 bits per heavy atom. The number of anilines is 1. The van der Waals surface area contributed by atoms with Crippen LogP contribution in [0.5, 0.6) is 0 Å². The lowest BCUT2D eigenvalue weighted by Crippen LogP contribution is -2.30. The highest BCUT2D eigenvalue weighted by molar-refractivity contribution is 7.18. The van der Waals surface area contributed by atoms with Crippen molar-refractivity contribution < 1.29 is 0 Å². The van der Waals surface area contributed by atoms with Crippen molar-refractivity contribution in [3.63, 3.8) is 0 Å². The van der Waals surface area contributed by atoms with Crippen LogP contribution in [0.4, 0.5) is 5.13 Å². The zero-order valence-electron chi connectivity index (χ0n) is 10.6. The van der Waals surface area contributed by atoms with Crippen LogP contribution in [0.1, 0.15) is 6.42 Å². The molecule has 0 aliphatic carbocycles. The first kappa shape index (κ1) is 11.4. The van der Waals surface area contributed by atoms with E-state index in [4.69, 9.17) is 0 Å². The van der Waals surface area contributed by atoms with Gasteiger partial charge >= 0.3 is 0 Å². The molecule has 2 saturated heterocycles. The van der Waals surface area contributed by atoms with Crippen LogP contribution in [-0.2, 0) is 0 Å². The molecule has 0 radical (unpaired) electrons. The number of aromatic nitrogens is 2. The molecule has 3 heterocycles. The fraction of sp³-hybridized carbons (Fsp3) is 0.429. The molecule has 2 atom stereocenters. The molecule has 1 aromatic heterocycles. The predicted molar refractivity (Wildman–Crippen MR) is 77.5 cm³/mol. The summed E-state index contributed by atoms with van der Waals surface area (Å²) in [6.07, 6.45) is 1.30. The largest absolute Gasteiger partial charge is 0.345 e. The van der Waals surface area contributed by atoms with E-state index in [1.165, 1.54) is 13.0 Å². The minimum Gasteiger partial charge on any atom is -0.345 e. The van der Waals surface area contributed by atoms with Gasteiger partial charge in [-0.2, -0.15) is 0 Å². The van der Waals surface area contributed by atoms with Gasteiger partial charge in [-0.3, -0.25) is 0 Å². The summed E-state index contributed by atoms with van der Waals surface area (Å²) < 4.78 is 0. The second-order valence-corrected chi connectivity index (χ2v) is 6.23. The molecule has 4 rings (SSSR count). The van der Waals surface area contributed by atoms with E-state index in [1.807, 2.05) is 18.2 Å². The summed E-state index contributed by atoms with van der Waals surface area (Å²) in [5.41, 5.74) is 1.16. The second kappa shape index (κ2) is 4.58. The van der Waals surface area contributed by atoms with Gasteiger partial charge in [-0.05, 0) is 18.9 Å². The van der Waals surface area contributed by atoms with E-state index in [0.717, 1.165) is 34.7 Å². The van der Waals surface area contributed by atoms with Gasteiger partial charge in [-0.25, -0.2) is 0 Å². The molecule has 1 N–H and O–H groups in total. The molecule has 0 spiro atoms. The molecule has 4 nitrogen and oxygen atoms in total. The molecular formula is C14H16N4S. The van der Waals surface area contributed by atoms with Crippen LogP contribution in [0.15, 0.2) is 30.3 Å². The maximum absolute atomic E-state index is 4.37. The lowest BCUT2D eigenvalue weighted by Gasteiger charge is -2.14. The number of nitrogens with one attached hydrogen (secondary N) is 1. The predicted octanol–water partition coefficient (Wildman–Crippen LogP) is 2.00. The van der Waals surface area contributed by atoms with E-state index in [0.29, 0.717) is 6.04 Å². The van der Waals surface area contributed by atoms with Gasteiger partial charge < -0.3 is 10.2 Å². The van der Waals surface area contributed by atoms with E-state index in [2.05, 4.69) is 32.5 Å². The third-order valence-electron chi connectivity index (χ3n) is 4.07. The Balaban J connectivity index is 1.56. The van der Waals surface area contributed by atoms with Gasteiger partial charge in [0.05, 0.1) is 0 Å². The van der Waals surface area contributed by atoms with Crippen LogP contribution in [0, 0.1) is 5.92 Å². The second-order valence-electron chi connectivity index (χ2n) is 5.27. The molecule has 0 bridgehead atoms. The molecule has 5 heteroatoms. The zero-order chi connectivity index (χ0) is 12.7. The third-order valence-corrected chi connectivity index (χ3v) is 5.10. The highest BCUT2D eigenvalue weighted by atomic mass is 32.1. The highest BCUT2D eigenvalue weighted by Crippen LogP contribution is 2.33. The molecule has 2 aromatic rings. The topological polar surface area (TPSA) is 41.1 Å². The minimum atomic E-state index is 0.657. The summed E-state index contributed by atoms with van der Waals surface area (Å²) in [5.74, 6) is 0.795. The molecule has 0 amide bonds. The smallest absolute Gasteiger partial charge is 0.208 e. The number of hydrogen-bond acceptors (Lipinski definition) is 5. The van der Waals surface area contributed by atoms with Crippen molar-refractivity contribution in [2.75, 3.05) is 24.5 Å². The van der Waals surface area contributed by atoms with Crippen molar-refractivity contribution in [3.05, 3.63) is 30.3 Å². The Hall–Kier alpha value is -1.46. The monoisotopic (exact) mass is 272 g/mol. The van der Waals surface area contributed by atoms with Crippen molar-refractivity contribution in [1.29, 1.82) is 0 Å². The molecular weight excluding hydrogens is 256 g/mol. The lowest BCUT2D eigenvalue weighted by molar-refractivity contribution is 0.556. The van der Waals surface area contributed by atoms with Crippen LogP contribution < -0.4 is 10.2 Å². The number of hydrogen-bond donors (Lipinski definition) is 1. The molecule has 19 heavy (non-hydrogen) atoms. The summed E-state index contributed by atoms with van der Waals surface area (Å²) in [5, 5.41) is 14.4. The first-order valence-electron chi connectivity index (χ1n) is 6.77. The normalized spacial score (nSPS) is 25.8. The molecule has 2 aliphatic heterocycles. The molecule has 2 aliphatic rings. The SMILES string of the molecule is c1ccc(-c2nnc(N3C[C@@H]4CCN[C@@H]4C3)s2)cc1. The Bertz CT molecular complexity index is 556. The van der Waals surface area contributed by atoms with Crippen LogP contribution in [-0.4, -0.2) is 35.9 Å². The fourth-order valence-corrected chi connectivity index (χ4v) is 3.91. The summed E-state index contributed by atoms with van der Waals surface area (Å²) in [7, 11) is 0. The molecule has 0 saturated carbocycles. The highest BCUT2D eigenvalue weighted by Gasteiger charge is 2.37. The Morgan fingerprint density at radius 2 is 2.05 bits per heavy atom. The van der Waals surface area contributed by atoms with Crippen LogP contribution in [0.2, 0.25) is 0 Å². The van der Waals surface area contributed by atoms with E-state index < -0.39 is 0 Å². The molecule has 0 unspecified atom stereocenters. The quantitative estimate of drug-likeness (QED) is 0.908. The van der Waals surface area contributed by atoms with Gasteiger partial charge in [-0.15, -0.1) is 10.2 Å². The summed E-state index contributed by atoms with van der Waals surface area (Å²) in [4.78, 5) is 2.38. The van der Waals surface area contributed by atoms with E-state index in [-0.39, 0.29) is 0 Å². The van der Waals surface area contributed by atoms with Crippen molar-refractivity contribution in [2.45, 2.75) is 12.5 Å². The van der Waals surface area contributed by atoms with E-state index in [9.17, 15) is 0 Å². The van der Waals surface area contributed by atoms with Gasteiger partial charge in [0.1, 0.15) is 5.01 Å². The van der Waals surface area contributed by atoms with Gasteiger partial charge in [0.15, 0.2) is 0 Å². The summed E-state index contributed by atoms with van der Waals surface area (Å²) in [6, 6.07) is 10.9. The third kappa shape index (κ3) is 2.03. The Labute approximate surface area is 116 Å². The number of nitrogens with zero attached hydrogens (tertiary/aromatic N) is 3.